The average Bonchev–Trinajstić information content (AvgIpc) is 3.15. The summed E-state index contributed by atoms with van der Waals surface area (Å²) in [6.07, 6.45) is 4.37. The summed E-state index contributed by atoms with van der Waals surface area (Å²) in [5.74, 6) is -0.215. The summed E-state index contributed by atoms with van der Waals surface area (Å²) in [6.45, 7) is 2.22. The fourth-order valence-electron chi connectivity index (χ4n) is 3.60. The third-order valence-electron chi connectivity index (χ3n) is 4.90. The van der Waals surface area contributed by atoms with E-state index in [1.165, 1.54) is 0 Å². The van der Waals surface area contributed by atoms with Gasteiger partial charge < -0.3 is 9.30 Å². The summed E-state index contributed by atoms with van der Waals surface area (Å²) in [7, 11) is 0. The van der Waals surface area contributed by atoms with Crippen LogP contribution in [-0.4, -0.2) is 17.1 Å². The van der Waals surface area contributed by atoms with Gasteiger partial charge in [0, 0.05) is 22.8 Å². The van der Waals surface area contributed by atoms with Crippen molar-refractivity contribution in [1.29, 1.82) is 0 Å². The van der Waals surface area contributed by atoms with Crippen molar-refractivity contribution in [2.75, 3.05) is 6.61 Å². The first-order valence-corrected chi connectivity index (χ1v) is 9.85. The number of benzene rings is 3. The van der Waals surface area contributed by atoms with Crippen LogP contribution in [0.25, 0.3) is 22.2 Å². The molecule has 3 aromatic carbocycles. The van der Waals surface area contributed by atoms with Crippen LogP contribution in [0.3, 0.4) is 0 Å². The number of carbonyl (C=O) groups excluding carboxylic acids is 1. The molecule has 4 rings (SSSR count). The van der Waals surface area contributed by atoms with Gasteiger partial charge in [0.15, 0.2) is 0 Å². The second kappa shape index (κ2) is 8.61. The van der Waals surface area contributed by atoms with Crippen molar-refractivity contribution < 1.29 is 9.53 Å². The van der Waals surface area contributed by atoms with E-state index in [1.807, 2.05) is 49.4 Å². The van der Waals surface area contributed by atoms with Crippen LogP contribution >= 0.6 is 0 Å². The first-order valence-electron chi connectivity index (χ1n) is 9.85. The molecule has 1 heterocycles. The Kier molecular flexibility index (Phi) is 5.57. The van der Waals surface area contributed by atoms with Gasteiger partial charge in [-0.2, -0.15) is 0 Å². The van der Waals surface area contributed by atoms with E-state index in [1.54, 1.807) is 0 Å². The highest BCUT2D eigenvalue weighted by Crippen LogP contribution is 2.33. The number of hydrogen-bond donors (Lipinski definition) is 0. The second-order valence-electron chi connectivity index (χ2n) is 6.76. The molecule has 0 saturated carbocycles. The molecule has 0 spiro atoms. The summed E-state index contributed by atoms with van der Waals surface area (Å²) in [5, 5.41) is 1.15. The van der Waals surface area contributed by atoms with Crippen LogP contribution in [0.5, 0.6) is 0 Å². The maximum Gasteiger partial charge on any atom is 0.309 e. The molecule has 0 atom stereocenters. The summed E-state index contributed by atoms with van der Waals surface area (Å²) in [5.41, 5.74) is 5.44. The van der Waals surface area contributed by atoms with Crippen LogP contribution in [0.2, 0.25) is 0 Å². The van der Waals surface area contributed by atoms with Crippen molar-refractivity contribution in [3.8, 4) is 5.69 Å². The number of hydrogen-bond acceptors (Lipinski definition) is 2. The minimum atomic E-state index is -0.215. The number of para-hydroxylation sites is 2. The van der Waals surface area contributed by atoms with Gasteiger partial charge in [-0.15, -0.1) is 0 Å². The van der Waals surface area contributed by atoms with Gasteiger partial charge in [0.05, 0.1) is 18.5 Å². The smallest absolute Gasteiger partial charge is 0.309 e. The highest BCUT2D eigenvalue weighted by Gasteiger charge is 2.15. The largest absolute Gasteiger partial charge is 0.466 e. The molecule has 0 aliphatic carbocycles. The first kappa shape index (κ1) is 18.8. The van der Waals surface area contributed by atoms with E-state index in [4.69, 9.17) is 4.74 Å². The number of ether oxygens (including phenoxy) is 1. The van der Waals surface area contributed by atoms with Gasteiger partial charge >= 0.3 is 5.97 Å². The second-order valence-corrected chi connectivity index (χ2v) is 6.76. The standard InChI is InChI=1S/C26H23NO2/c1-2-29-26(28)18-17-22(20-11-5-3-6-12-20)24-19-27(21-13-7-4-8-14-21)25-16-10-9-15-23(24)25/h3-17,19H,2,18H2,1H3/b22-17+. The summed E-state index contributed by atoms with van der Waals surface area (Å²) >= 11 is 0. The zero-order valence-electron chi connectivity index (χ0n) is 16.4. The molecule has 0 unspecified atom stereocenters. The zero-order chi connectivity index (χ0) is 20.1. The summed E-state index contributed by atoms with van der Waals surface area (Å²) in [6, 6.07) is 28.8. The first-order chi connectivity index (χ1) is 14.3. The quantitative estimate of drug-likeness (QED) is 0.383. The van der Waals surface area contributed by atoms with Gasteiger partial charge in [-0.05, 0) is 36.3 Å². The van der Waals surface area contributed by atoms with Crippen molar-refractivity contribution in [3.05, 3.63) is 108 Å². The number of fused-ring (bicyclic) bond motifs is 1. The van der Waals surface area contributed by atoms with Crippen LogP contribution in [0.4, 0.5) is 0 Å². The molecule has 4 aromatic rings. The Bertz CT molecular complexity index is 1140. The lowest BCUT2D eigenvalue weighted by molar-refractivity contribution is -0.142. The lowest BCUT2D eigenvalue weighted by Gasteiger charge is -2.08. The van der Waals surface area contributed by atoms with E-state index in [-0.39, 0.29) is 12.4 Å². The molecule has 0 aliphatic rings. The highest BCUT2D eigenvalue weighted by molar-refractivity contribution is 5.98. The maximum absolute atomic E-state index is 12.0. The minimum absolute atomic E-state index is 0.215. The Hall–Kier alpha value is -3.59. The predicted molar refractivity (Wildman–Crippen MR) is 118 cm³/mol. The monoisotopic (exact) mass is 381 g/mol. The number of rotatable bonds is 6. The van der Waals surface area contributed by atoms with Crippen LogP contribution in [0, 0.1) is 0 Å². The number of esters is 1. The third-order valence-corrected chi connectivity index (χ3v) is 4.90. The molecule has 0 bridgehead atoms. The van der Waals surface area contributed by atoms with E-state index < -0.39 is 0 Å². The topological polar surface area (TPSA) is 31.2 Å². The van der Waals surface area contributed by atoms with E-state index in [2.05, 4.69) is 59.3 Å². The van der Waals surface area contributed by atoms with Gasteiger partial charge in [-0.25, -0.2) is 0 Å². The Labute approximate surface area is 170 Å². The molecule has 3 nitrogen and oxygen atoms in total. The van der Waals surface area contributed by atoms with Crippen LogP contribution in [-0.2, 0) is 9.53 Å². The molecule has 1 aromatic heterocycles. The van der Waals surface area contributed by atoms with E-state index >= 15 is 0 Å². The normalized spacial score (nSPS) is 11.6. The van der Waals surface area contributed by atoms with Gasteiger partial charge in [0.1, 0.15) is 0 Å². The molecule has 0 amide bonds. The lowest BCUT2D eigenvalue weighted by Crippen LogP contribution is -2.02. The summed E-state index contributed by atoms with van der Waals surface area (Å²) in [4.78, 5) is 12.0. The minimum Gasteiger partial charge on any atom is -0.466 e. The molecule has 0 saturated heterocycles. The predicted octanol–water partition coefficient (Wildman–Crippen LogP) is 6.02. The molecule has 3 heteroatoms. The molecule has 0 aliphatic heterocycles. The molecule has 144 valence electrons. The fourth-order valence-corrected chi connectivity index (χ4v) is 3.60. The Morgan fingerprint density at radius 1 is 0.897 bits per heavy atom. The Morgan fingerprint density at radius 3 is 2.28 bits per heavy atom. The highest BCUT2D eigenvalue weighted by atomic mass is 16.5. The van der Waals surface area contributed by atoms with Crippen molar-refractivity contribution in [2.24, 2.45) is 0 Å². The zero-order valence-corrected chi connectivity index (χ0v) is 16.4. The van der Waals surface area contributed by atoms with Crippen LogP contribution < -0.4 is 0 Å². The third kappa shape index (κ3) is 3.99. The van der Waals surface area contributed by atoms with Crippen molar-refractivity contribution in [1.82, 2.24) is 4.57 Å². The molecule has 0 radical (unpaired) electrons. The number of aromatic nitrogens is 1. The van der Waals surface area contributed by atoms with E-state index in [0.29, 0.717) is 6.61 Å². The molecular weight excluding hydrogens is 358 g/mol. The SMILES string of the molecule is CCOC(=O)C/C=C(\c1ccccc1)c1cn(-c2ccccc2)c2ccccc12. The molecular formula is C26H23NO2. The molecule has 0 fully saturated rings. The van der Waals surface area contributed by atoms with Crippen molar-refractivity contribution in [2.45, 2.75) is 13.3 Å². The number of carbonyl (C=O) groups is 1. The van der Waals surface area contributed by atoms with Gasteiger partial charge in [0.2, 0.25) is 0 Å². The Morgan fingerprint density at radius 2 is 1.55 bits per heavy atom. The van der Waals surface area contributed by atoms with E-state index in [0.717, 1.165) is 33.3 Å². The van der Waals surface area contributed by atoms with Gasteiger partial charge in [-0.1, -0.05) is 72.8 Å². The average molecular weight is 381 g/mol. The molecule has 0 N–H and O–H groups in total. The Balaban J connectivity index is 1.89. The van der Waals surface area contributed by atoms with Gasteiger partial charge in [-0.3, -0.25) is 4.79 Å². The number of nitrogens with zero attached hydrogens (tertiary/aromatic N) is 1. The fraction of sp³-hybridized carbons (Fsp3) is 0.115. The van der Waals surface area contributed by atoms with Crippen LogP contribution in [0.15, 0.2) is 97.2 Å². The van der Waals surface area contributed by atoms with Crippen LogP contribution in [0.1, 0.15) is 24.5 Å². The van der Waals surface area contributed by atoms with Crippen molar-refractivity contribution in [3.63, 3.8) is 0 Å². The van der Waals surface area contributed by atoms with Crippen molar-refractivity contribution >= 4 is 22.4 Å². The van der Waals surface area contributed by atoms with E-state index in [9.17, 15) is 4.79 Å². The lowest BCUT2D eigenvalue weighted by atomic mass is 9.96. The van der Waals surface area contributed by atoms with Gasteiger partial charge in [0.25, 0.3) is 0 Å². The summed E-state index contributed by atoms with van der Waals surface area (Å²) < 4.78 is 7.34. The maximum atomic E-state index is 12.0. The molecule has 29 heavy (non-hydrogen) atoms.